The van der Waals surface area contributed by atoms with Gasteiger partial charge in [0.2, 0.25) is 0 Å². The van der Waals surface area contributed by atoms with Crippen LogP contribution in [0.2, 0.25) is 25.7 Å². The Bertz CT molecular complexity index is 1440. The lowest BCUT2D eigenvalue weighted by Crippen LogP contribution is -2.22. The largest absolute Gasteiger partial charge is 0.491 e. The minimum absolute atomic E-state index is 0.128. The maximum absolute atomic E-state index is 12.6. The van der Waals surface area contributed by atoms with Crippen LogP contribution in [0.15, 0.2) is 55.0 Å². The number of anilines is 2. The summed E-state index contributed by atoms with van der Waals surface area (Å²) in [6.07, 6.45) is 5.64. The van der Waals surface area contributed by atoms with Gasteiger partial charge in [0.25, 0.3) is 0 Å². The summed E-state index contributed by atoms with van der Waals surface area (Å²) in [6, 6.07) is 12.8. The molecule has 0 amide bonds. The van der Waals surface area contributed by atoms with E-state index in [-0.39, 0.29) is 11.8 Å². The molecule has 0 saturated heterocycles. The molecular formula is C30H38N4O4Si. The molecule has 8 nitrogen and oxygen atoms in total. The number of hydrogen-bond donors (Lipinski definition) is 1. The smallest absolute Gasteiger partial charge is 0.358 e. The zero-order valence-corrected chi connectivity index (χ0v) is 24.9. The van der Waals surface area contributed by atoms with Crippen molar-refractivity contribution in [1.82, 2.24) is 14.5 Å². The molecule has 9 heteroatoms. The number of ether oxygens (including phenoxy) is 3. The number of rotatable bonds is 11. The number of esters is 1. The molecule has 39 heavy (non-hydrogen) atoms. The van der Waals surface area contributed by atoms with Gasteiger partial charge in [0.1, 0.15) is 18.3 Å². The lowest BCUT2D eigenvalue weighted by atomic mass is 10.0. The first-order chi connectivity index (χ1) is 18.6. The third kappa shape index (κ3) is 7.04. The molecule has 4 aromatic rings. The first-order valence-electron chi connectivity index (χ1n) is 13.2. The van der Waals surface area contributed by atoms with E-state index in [1.165, 1.54) is 7.11 Å². The van der Waals surface area contributed by atoms with Gasteiger partial charge in [-0.15, -0.1) is 0 Å². The number of benzene rings is 1. The summed E-state index contributed by atoms with van der Waals surface area (Å²) in [4.78, 5) is 21.6. The molecule has 0 atom stereocenters. The molecule has 0 aliphatic carbocycles. The Hall–Kier alpha value is -3.69. The van der Waals surface area contributed by atoms with Crippen molar-refractivity contribution in [2.45, 2.75) is 59.3 Å². The van der Waals surface area contributed by atoms with Crippen LogP contribution in [0.5, 0.6) is 5.75 Å². The van der Waals surface area contributed by atoms with E-state index < -0.39 is 14.0 Å². The second kappa shape index (κ2) is 12.0. The van der Waals surface area contributed by atoms with Crippen LogP contribution in [0.25, 0.3) is 22.0 Å². The number of aryl methyl sites for hydroxylation is 1. The van der Waals surface area contributed by atoms with E-state index in [9.17, 15) is 4.79 Å². The summed E-state index contributed by atoms with van der Waals surface area (Å²) in [6.45, 7) is 14.0. The van der Waals surface area contributed by atoms with E-state index in [0.717, 1.165) is 45.4 Å². The second-order valence-corrected chi connectivity index (χ2v) is 16.7. The number of carbonyl (C=O) groups excluding carboxylic acids is 1. The summed E-state index contributed by atoms with van der Waals surface area (Å²) >= 11 is 0. The van der Waals surface area contributed by atoms with E-state index in [2.05, 4.69) is 41.8 Å². The molecule has 0 aliphatic heterocycles. The van der Waals surface area contributed by atoms with E-state index in [0.29, 0.717) is 18.9 Å². The molecule has 1 aromatic carbocycles. The van der Waals surface area contributed by atoms with Gasteiger partial charge in [-0.2, -0.15) is 0 Å². The summed E-state index contributed by atoms with van der Waals surface area (Å²) < 4.78 is 18.8. The highest BCUT2D eigenvalue weighted by Crippen LogP contribution is 2.35. The first-order valence-corrected chi connectivity index (χ1v) is 16.9. The van der Waals surface area contributed by atoms with Crippen molar-refractivity contribution in [3.8, 4) is 16.9 Å². The summed E-state index contributed by atoms with van der Waals surface area (Å²) in [5.74, 6) is 1.09. The lowest BCUT2D eigenvalue weighted by molar-refractivity contribution is 0.0594. The van der Waals surface area contributed by atoms with Crippen molar-refractivity contribution in [2.24, 2.45) is 0 Å². The Morgan fingerprint density at radius 2 is 1.82 bits per heavy atom. The van der Waals surface area contributed by atoms with E-state index in [1.54, 1.807) is 6.20 Å². The van der Waals surface area contributed by atoms with Gasteiger partial charge in [-0.1, -0.05) is 19.6 Å². The molecule has 0 aliphatic rings. The van der Waals surface area contributed by atoms with Crippen molar-refractivity contribution < 1.29 is 19.0 Å². The first kappa shape index (κ1) is 28.3. The van der Waals surface area contributed by atoms with E-state index >= 15 is 0 Å². The van der Waals surface area contributed by atoms with Crippen molar-refractivity contribution in [3.05, 3.63) is 66.2 Å². The Morgan fingerprint density at radius 1 is 1.08 bits per heavy atom. The fourth-order valence-corrected chi connectivity index (χ4v) is 5.06. The molecule has 0 saturated carbocycles. The molecule has 206 valence electrons. The standard InChI is InChI=1S/C30H38N4O4Si/c1-20(2)38-23-10-8-22(9-11-23)33-27-16-21(3)25(17-32-27)26-18-34(19-37-14-15-39(5,6)7)29-24(26)12-13-31-28(29)30(35)36-4/h8-13,16-18,20H,14-15,19H2,1-7H3,(H,32,33). The molecule has 0 bridgehead atoms. The number of fused-ring (bicyclic) bond motifs is 1. The maximum atomic E-state index is 12.6. The Balaban J connectivity index is 1.64. The third-order valence-electron chi connectivity index (χ3n) is 6.29. The molecule has 3 heterocycles. The van der Waals surface area contributed by atoms with E-state index in [1.807, 2.05) is 67.2 Å². The van der Waals surface area contributed by atoms with Crippen molar-refractivity contribution in [2.75, 3.05) is 19.0 Å². The molecule has 0 unspecified atom stereocenters. The van der Waals surface area contributed by atoms with Gasteiger partial charge < -0.3 is 24.1 Å². The average molecular weight is 547 g/mol. The minimum Gasteiger partial charge on any atom is -0.491 e. The molecule has 1 N–H and O–H groups in total. The fourth-order valence-electron chi connectivity index (χ4n) is 4.30. The molecule has 0 spiro atoms. The molecule has 3 aromatic heterocycles. The highest BCUT2D eigenvalue weighted by molar-refractivity contribution is 6.76. The number of carbonyl (C=O) groups is 1. The quantitative estimate of drug-likeness (QED) is 0.123. The fraction of sp³-hybridized carbons (Fsp3) is 0.367. The van der Waals surface area contributed by atoms with Gasteiger partial charge in [-0.05, 0) is 68.8 Å². The Labute approximate surface area is 231 Å². The third-order valence-corrected chi connectivity index (χ3v) is 8.00. The van der Waals surface area contributed by atoms with Crippen LogP contribution < -0.4 is 10.1 Å². The van der Waals surface area contributed by atoms with Gasteiger partial charge in [-0.25, -0.2) is 14.8 Å². The number of nitrogens with zero attached hydrogens (tertiary/aromatic N) is 3. The van der Waals surface area contributed by atoms with Gasteiger partial charge >= 0.3 is 5.97 Å². The minimum atomic E-state index is -1.22. The second-order valence-electron chi connectivity index (χ2n) is 11.1. The van der Waals surface area contributed by atoms with Crippen LogP contribution in [0, 0.1) is 6.92 Å². The van der Waals surface area contributed by atoms with E-state index in [4.69, 9.17) is 14.2 Å². The van der Waals surface area contributed by atoms with Crippen molar-refractivity contribution in [3.63, 3.8) is 0 Å². The van der Waals surface area contributed by atoms with Gasteiger partial charge in [0, 0.05) is 55.5 Å². The molecule has 0 radical (unpaired) electrons. The van der Waals surface area contributed by atoms with Crippen LogP contribution in [-0.4, -0.2) is 48.4 Å². The van der Waals surface area contributed by atoms with Gasteiger partial charge in [0.05, 0.1) is 18.7 Å². The van der Waals surface area contributed by atoms with Crippen LogP contribution in [0.1, 0.15) is 29.9 Å². The lowest BCUT2D eigenvalue weighted by Gasteiger charge is -2.16. The predicted octanol–water partition coefficient (Wildman–Crippen LogP) is 7.04. The number of nitrogens with one attached hydrogen (secondary N) is 1. The monoisotopic (exact) mass is 546 g/mol. The number of methoxy groups -OCH3 is 1. The van der Waals surface area contributed by atoms with Gasteiger partial charge in [0.15, 0.2) is 5.69 Å². The zero-order chi connectivity index (χ0) is 28.2. The summed E-state index contributed by atoms with van der Waals surface area (Å²) in [7, 11) is 0.144. The Morgan fingerprint density at radius 3 is 2.46 bits per heavy atom. The predicted molar refractivity (Wildman–Crippen MR) is 159 cm³/mol. The summed E-state index contributed by atoms with van der Waals surface area (Å²) in [5, 5.41) is 4.26. The van der Waals surface area contributed by atoms with Crippen LogP contribution in [0.3, 0.4) is 0 Å². The highest BCUT2D eigenvalue weighted by Gasteiger charge is 2.21. The highest BCUT2D eigenvalue weighted by atomic mass is 28.3. The van der Waals surface area contributed by atoms with Crippen molar-refractivity contribution >= 4 is 36.5 Å². The number of aromatic nitrogens is 3. The average Bonchev–Trinajstić information content (AvgIpc) is 3.25. The number of hydrogen-bond acceptors (Lipinski definition) is 7. The van der Waals surface area contributed by atoms with Crippen LogP contribution in [-0.2, 0) is 16.2 Å². The normalized spacial score (nSPS) is 11.7. The SMILES string of the molecule is COC(=O)c1nccc2c(-c3cnc(Nc4ccc(OC(C)C)cc4)cc3C)cn(COCC[Si](C)(C)C)c12. The molecule has 4 rings (SSSR count). The molecular weight excluding hydrogens is 508 g/mol. The maximum Gasteiger partial charge on any atom is 0.358 e. The topological polar surface area (TPSA) is 87.5 Å². The zero-order valence-electron chi connectivity index (χ0n) is 23.9. The Kier molecular flexibility index (Phi) is 8.72. The summed E-state index contributed by atoms with van der Waals surface area (Å²) in [5.41, 5.74) is 4.85. The molecule has 0 fully saturated rings. The van der Waals surface area contributed by atoms with Gasteiger partial charge in [-0.3, -0.25) is 0 Å². The van der Waals surface area contributed by atoms with Crippen LogP contribution >= 0.6 is 0 Å². The number of pyridine rings is 2. The van der Waals surface area contributed by atoms with Crippen molar-refractivity contribution in [1.29, 1.82) is 0 Å². The van der Waals surface area contributed by atoms with Crippen LogP contribution in [0.4, 0.5) is 11.5 Å².